The standard InChI is InChI=1S/C8H12O/c1-4-8-6(2)5-9-7(8)3/h4,6H,3,5H2,1-2H3/b8-4-. The van der Waals surface area contributed by atoms with Crippen molar-refractivity contribution in [2.75, 3.05) is 6.61 Å². The summed E-state index contributed by atoms with van der Waals surface area (Å²) in [6, 6.07) is 0. The molecule has 0 amide bonds. The molecule has 0 radical (unpaired) electrons. The molecule has 1 atom stereocenters. The highest BCUT2D eigenvalue weighted by atomic mass is 16.5. The molecule has 1 saturated heterocycles. The Balaban J connectivity index is 2.78. The molecule has 1 aliphatic heterocycles. The van der Waals surface area contributed by atoms with E-state index in [4.69, 9.17) is 4.74 Å². The zero-order valence-electron chi connectivity index (χ0n) is 5.98. The molecule has 0 bridgehead atoms. The summed E-state index contributed by atoms with van der Waals surface area (Å²) in [6.45, 7) is 8.74. The fourth-order valence-corrected chi connectivity index (χ4v) is 1.12. The van der Waals surface area contributed by atoms with Crippen LogP contribution in [0, 0.1) is 5.92 Å². The first-order valence-electron chi connectivity index (χ1n) is 3.24. The Morgan fingerprint density at radius 3 is 2.67 bits per heavy atom. The summed E-state index contributed by atoms with van der Waals surface area (Å²) in [7, 11) is 0. The molecular formula is C8H12O. The van der Waals surface area contributed by atoms with E-state index in [2.05, 4.69) is 19.6 Å². The molecule has 0 aliphatic carbocycles. The zero-order valence-corrected chi connectivity index (χ0v) is 5.98. The molecule has 1 fully saturated rings. The molecule has 0 aromatic carbocycles. The van der Waals surface area contributed by atoms with Crippen LogP contribution in [0.25, 0.3) is 0 Å². The van der Waals surface area contributed by atoms with Crippen LogP contribution in [0.1, 0.15) is 13.8 Å². The molecule has 0 N–H and O–H groups in total. The van der Waals surface area contributed by atoms with E-state index in [9.17, 15) is 0 Å². The molecule has 0 aromatic heterocycles. The van der Waals surface area contributed by atoms with Gasteiger partial charge in [-0.25, -0.2) is 0 Å². The summed E-state index contributed by atoms with van der Waals surface area (Å²) >= 11 is 0. The average Bonchev–Trinajstić information content (AvgIpc) is 2.12. The van der Waals surface area contributed by atoms with E-state index >= 15 is 0 Å². The van der Waals surface area contributed by atoms with Crippen molar-refractivity contribution in [2.24, 2.45) is 5.92 Å². The second-order valence-electron chi connectivity index (χ2n) is 2.38. The zero-order chi connectivity index (χ0) is 6.85. The van der Waals surface area contributed by atoms with Gasteiger partial charge in [-0.3, -0.25) is 0 Å². The van der Waals surface area contributed by atoms with E-state index in [0.717, 1.165) is 12.4 Å². The van der Waals surface area contributed by atoms with Gasteiger partial charge in [0.25, 0.3) is 0 Å². The molecule has 0 aromatic rings. The van der Waals surface area contributed by atoms with Crippen molar-refractivity contribution < 1.29 is 4.74 Å². The summed E-state index contributed by atoms with van der Waals surface area (Å²) in [6.07, 6.45) is 2.07. The maximum atomic E-state index is 5.21. The number of ether oxygens (including phenoxy) is 1. The number of rotatable bonds is 0. The Morgan fingerprint density at radius 2 is 2.44 bits per heavy atom. The van der Waals surface area contributed by atoms with E-state index in [1.54, 1.807) is 0 Å². The fourth-order valence-electron chi connectivity index (χ4n) is 1.12. The van der Waals surface area contributed by atoms with Crippen LogP contribution in [0.2, 0.25) is 0 Å². The summed E-state index contributed by atoms with van der Waals surface area (Å²) < 4.78 is 5.21. The van der Waals surface area contributed by atoms with Gasteiger partial charge in [0, 0.05) is 5.92 Å². The predicted molar refractivity (Wildman–Crippen MR) is 38.0 cm³/mol. The second-order valence-corrected chi connectivity index (χ2v) is 2.38. The minimum atomic E-state index is 0.544. The molecule has 0 spiro atoms. The van der Waals surface area contributed by atoms with Gasteiger partial charge in [0.15, 0.2) is 0 Å². The van der Waals surface area contributed by atoms with Crippen LogP contribution in [-0.4, -0.2) is 6.61 Å². The highest BCUT2D eigenvalue weighted by Crippen LogP contribution is 2.27. The van der Waals surface area contributed by atoms with E-state index < -0.39 is 0 Å². The van der Waals surface area contributed by atoms with Crippen molar-refractivity contribution in [3.63, 3.8) is 0 Å². The van der Waals surface area contributed by atoms with E-state index in [-0.39, 0.29) is 0 Å². The smallest absolute Gasteiger partial charge is 0.115 e. The van der Waals surface area contributed by atoms with Crippen LogP contribution in [0.4, 0.5) is 0 Å². The lowest BCUT2D eigenvalue weighted by molar-refractivity contribution is 0.247. The third-order valence-corrected chi connectivity index (χ3v) is 1.67. The Labute approximate surface area is 56.0 Å². The highest BCUT2D eigenvalue weighted by Gasteiger charge is 2.19. The van der Waals surface area contributed by atoms with Gasteiger partial charge in [0.1, 0.15) is 5.76 Å². The van der Waals surface area contributed by atoms with Gasteiger partial charge in [0.2, 0.25) is 0 Å². The molecule has 1 unspecified atom stereocenters. The minimum Gasteiger partial charge on any atom is -0.493 e. The summed E-state index contributed by atoms with van der Waals surface area (Å²) in [4.78, 5) is 0. The van der Waals surface area contributed by atoms with Crippen molar-refractivity contribution in [3.8, 4) is 0 Å². The van der Waals surface area contributed by atoms with Crippen LogP contribution >= 0.6 is 0 Å². The van der Waals surface area contributed by atoms with Crippen molar-refractivity contribution in [1.82, 2.24) is 0 Å². The molecule has 1 nitrogen and oxygen atoms in total. The topological polar surface area (TPSA) is 9.23 Å². The van der Waals surface area contributed by atoms with Gasteiger partial charge in [-0.05, 0) is 12.5 Å². The van der Waals surface area contributed by atoms with Gasteiger partial charge in [-0.2, -0.15) is 0 Å². The second kappa shape index (κ2) is 2.26. The number of allylic oxidation sites excluding steroid dienone is 2. The van der Waals surface area contributed by atoms with Gasteiger partial charge in [-0.15, -0.1) is 0 Å². The average molecular weight is 124 g/mol. The number of hydrogen-bond acceptors (Lipinski definition) is 1. The van der Waals surface area contributed by atoms with E-state index in [1.807, 2.05) is 6.92 Å². The van der Waals surface area contributed by atoms with Crippen LogP contribution in [0.3, 0.4) is 0 Å². The fraction of sp³-hybridized carbons (Fsp3) is 0.500. The first-order valence-corrected chi connectivity index (χ1v) is 3.24. The van der Waals surface area contributed by atoms with Crippen molar-refractivity contribution in [3.05, 3.63) is 24.0 Å². The highest BCUT2D eigenvalue weighted by molar-refractivity contribution is 5.28. The molecular weight excluding hydrogens is 112 g/mol. The molecule has 1 heterocycles. The van der Waals surface area contributed by atoms with Gasteiger partial charge >= 0.3 is 0 Å². The quantitative estimate of drug-likeness (QED) is 0.480. The first kappa shape index (κ1) is 6.40. The van der Waals surface area contributed by atoms with Gasteiger partial charge < -0.3 is 4.74 Å². The summed E-state index contributed by atoms with van der Waals surface area (Å²) in [5, 5.41) is 0. The van der Waals surface area contributed by atoms with Gasteiger partial charge in [-0.1, -0.05) is 19.6 Å². The molecule has 50 valence electrons. The van der Waals surface area contributed by atoms with Crippen molar-refractivity contribution in [1.29, 1.82) is 0 Å². The minimum absolute atomic E-state index is 0.544. The Morgan fingerprint density at radius 1 is 1.78 bits per heavy atom. The Hall–Kier alpha value is -0.720. The maximum absolute atomic E-state index is 5.21. The Kier molecular flexibility index (Phi) is 1.60. The molecule has 1 rings (SSSR count). The van der Waals surface area contributed by atoms with Crippen LogP contribution in [-0.2, 0) is 4.74 Å². The normalized spacial score (nSPS) is 31.1. The van der Waals surface area contributed by atoms with Crippen molar-refractivity contribution in [2.45, 2.75) is 13.8 Å². The summed E-state index contributed by atoms with van der Waals surface area (Å²) in [5.74, 6) is 1.40. The van der Waals surface area contributed by atoms with Crippen molar-refractivity contribution >= 4 is 0 Å². The predicted octanol–water partition coefficient (Wildman–Crippen LogP) is 2.11. The third kappa shape index (κ3) is 0.995. The number of hydrogen-bond donors (Lipinski definition) is 0. The summed E-state index contributed by atoms with van der Waals surface area (Å²) in [5.41, 5.74) is 1.26. The molecule has 1 aliphatic rings. The lowest BCUT2D eigenvalue weighted by Crippen LogP contribution is -1.92. The van der Waals surface area contributed by atoms with E-state index in [1.165, 1.54) is 5.57 Å². The Bertz CT molecular complexity index is 156. The van der Waals surface area contributed by atoms with Gasteiger partial charge in [0.05, 0.1) is 6.61 Å². The van der Waals surface area contributed by atoms with Crippen LogP contribution < -0.4 is 0 Å². The van der Waals surface area contributed by atoms with Crippen LogP contribution in [0.15, 0.2) is 24.0 Å². The monoisotopic (exact) mass is 124 g/mol. The SMILES string of the molecule is C=C1OCC(C)/C1=C/C. The molecule has 1 heteroatoms. The lowest BCUT2D eigenvalue weighted by Gasteiger charge is -1.96. The van der Waals surface area contributed by atoms with E-state index in [0.29, 0.717) is 5.92 Å². The lowest BCUT2D eigenvalue weighted by atomic mass is 10.0. The first-order chi connectivity index (χ1) is 4.25. The maximum Gasteiger partial charge on any atom is 0.115 e. The van der Waals surface area contributed by atoms with Crippen LogP contribution in [0.5, 0.6) is 0 Å². The molecule has 9 heavy (non-hydrogen) atoms. The molecule has 0 saturated carbocycles. The third-order valence-electron chi connectivity index (χ3n) is 1.67. The largest absolute Gasteiger partial charge is 0.493 e.